The van der Waals surface area contributed by atoms with Gasteiger partial charge >= 0.3 is 5.97 Å². The molecule has 0 aliphatic rings. The summed E-state index contributed by atoms with van der Waals surface area (Å²) in [7, 11) is 0. The average Bonchev–Trinajstić information content (AvgIpc) is 2.61. The van der Waals surface area contributed by atoms with Crippen molar-refractivity contribution in [2.75, 3.05) is 11.4 Å². The lowest BCUT2D eigenvalue weighted by molar-refractivity contribution is -0.135. The summed E-state index contributed by atoms with van der Waals surface area (Å²) >= 11 is 1.27. The van der Waals surface area contributed by atoms with Gasteiger partial charge in [-0.2, -0.15) is 4.37 Å². The number of anilines is 1. The molecule has 5 nitrogen and oxygen atoms in total. The monoisotopic (exact) mass is 257 g/mol. The number of aliphatic carboxylic acids is 1. The maximum absolute atomic E-state index is 10.9. The predicted molar refractivity (Wildman–Crippen MR) is 68.6 cm³/mol. The molecule has 0 saturated heterocycles. The van der Waals surface area contributed by atoms with Crippen LogP contribution in [0.15, 0.2) is 0 Å². The van der Waals surface area contributed by atoms with Crippen LogP contribution < -0.4 is 4.90 Å². The molecule has 1 rings (SSSR count). The molecule has 1 aromatic heterocycles. The smallest absolute Gasteiger partial charge is 0.323 e. The molecule has 0 saturated carbocycles. The first kappa shape index (κ1) is 13.9. The summed E-state index contributed by atoms with van der Waals surface area (Å²) in [6.07, 6.45) is 1.83. The maximum Gasteiger partial charge on any atom is 0.323 e. The minimum atomic E-state index is -0.854. The van der Waals surface area contributed by atoms with Crippen LogP contribution in [-0.2, 0) is 11.2 Å². The van der Waals surface area contributed by atoms with Gasteiger partial charge in [0.15, 0.2) is 0 Å². The van der Waals surface area contributed by atoms with Gasteiger partial charge in [-0.1, -0.05) is 6.92 Å². The third-order valence-corrected chi connectivity index (χ3v) is 3.04. The molecule has 0 atom stereocenters. The fraction of sp³-hybridized carbons (Fsp3) is 0.727. The first-order valence-electron chi connectivity index (χ1n) is 5.66. The number of carbonyl (C=O) groups is 1. The number of carboxylic acid groups (broad SMARTS) is 1. The van der Waals surface area contributed by atoms with E-state index in [2.05, 4.69) is 16.3 Å². The molecule has 0 fully saturated rings. The Bertz CT molecular complexity index is 384. The molecule has 1 heterocycles. The number of carboxylic acids is 1. The van der Waals surface area contributed by atoms with Crippen LogP contribution >= 0.6 is 11.5 Å². The highest BCUT2D eigenvalue weighted by Crippen LogP contribution is 2.25. The summed E-state index contributed by atoms with van der Waals surface area (Å²) in [5, 5.41) is 9.62. The van der Waals surface area contributed by atoms with Crippen molar-refractivity contribution < 1.29 is 9.90 Å². The quantitative estimate of drug-likeness (QED) is 0.875. The molecule has 0 bridgehead atoms. The Morgan fingerprint density at radius 1 is 1.47 bits per heavy atom. The second-order valence-corrected chi connectivity index (χ2v) is 5.62. The molecule has 17 heavy (non-hydrogen) atoms. The Morgan fingerprint density at radius 2 is 2.12 bits per heavy atom. The van der Waals surface area contributed by atoms with Crippen LogP contribution in [0, 0.1) is 0 Å². The summed E-state index contributed by atoms with van der Waals surface area (Å²) in [6.45, 7) is 7.92. The van der Waals surface area contributed by atoms with E-state index in [0.717, 1.165) is 18.7 Å². The molecule has 0 radical (unpaired) electrons. The average molecular weight is 257 g/mol. The van der Waals surface area contributed by atoms with E-state index in [4.69, 9.17) is 5.11 Å². The number of hydrogen-bond donors (Lipinski definition) is 1. The summed E-state index contributed by atoms with van der Waals surface area (Å²) in [5.41, 5.74) is -0.276. The molecule has 0 amide bonds. The molecule has 1 N–H and O–H groups in total. The molecule has 6 heteroatoms. The van der Waals surface area contributed by atoms with Crippen LogP contribution in [0.5, 0.6) is 0 Å². The third kappa shape index (κ3) is 3.96. The van der Waals surface area contributed by atoms with Gasteiger partial charge < -0.3 is 10.0 Å². The fourth-order valence-corrected chi connectivity index (χ4v) is 2.31. The minimum Gasteiger partial charge on any atom is -0.480 e. The number of aryl methyl sites for hydroxylation is 1. The Balaban J connectivity index is 2.92. The normalized spacial score (nSPS) is 11.5. The van der Waals surface area contributed by atoms with Crippen LogP contribution in [0.3, 0.4) is 0 Å². The van der Waals surface area contributed by atoms with E-state index in [1.807, 2.05) is 20.8 Å². The van der Waals surface area contributed by atoms with Gasteiger partial charge in [0, 0.05) is 23.5 Å². The molecule has 1 aromatic rings. The second kappa shape index (κ2) is 5.44. The van der Waals surface area contributed by atoms with Crippen LogP contribution in [-0.4, -0.2) is 32.5 Å². The van der Waals surface area contributed by atoms with E-state index in [1.165, 1.54) is 11.5 Å². The van der Waals surface area contributed by atoms with Crippen LogP contribution in [0.25, 0.3) is 0 Å². The van der Waals surface area contributed by atoms with Gasteiger partial charge in [-0.25, -0.2) is 4.98 Å². The van der Waals surface area contributed by atoms with Crippen molar-refractivity contribution in [2.45, 2.75) is 46.1 Å². The van der Waals surface area contributed by atoms with Gasteiger partial charge in [0.05, 0.1) is 0 Å². The lowest BCUT2D eigenvalue weighted by Crippen LogP contribution is -2.44. The second-order valence-electron chi connectivity index (χ2n) is 4.89. The Hall–Kier alpha value is -1.17. The summed E-state index contributed by atoms with van der Waals surface area (Å²) < 4.78 is 4.24. The lowest BCUT2D eigenvalue weighted by Gasteiger charge is -2.33. The highest BCUT2D eigenvalue weighted by atomic mass is 32.1. The molecular weight excluding hydrogens is 238 g/mol. The topological polar surface area (TPSA) is 66.3 Å². The van der Waals surface area contributed by atoms with Gasteiger partial charge in [0.1, 0.15) is 12.4 Å². The Morgan fingerprint density at radius 3 is 2.59 bits per heavy atom. The van der Waals surface area contributed by atoms with Crippen molar-refractivity contribution in [3.63, 3.8) is 0 Å². The number of hydrogen-bond acceptors (Lipinski definition) is 5. The number of rotatable bonds is 5. The largest absolute Gasteiger partial charge is 0.480 e. The SMILES string of the molecule is CCCc1nsc(N(CC(=O)O)C(C)(C)C)n1. The highest BCUT2D eigenvalue weighted by Gasteiger charge is 2.26. The molecular formula is C11H19N3O2S. The number of nitrogens with zero attached hydrogens (tertiary/aromatic N) is 3. The first-order valence-corrected chi connectivity index (χ1v) is 6.44. The van der Waals surface area contributed by atoms with Crippen LogP contribution in [0.1, 0.15) is 39.9 Å². The van der Waals surface area contributed by atoms with E-state index >= 15 is 0 Å². The van der Waals surface area contributed by atoms with E-state index in [9.17, 15) is 4.79 Å². The lowest BCUT2D eigenvalue weighted by atomic mass is 10.1. The Labute approximate surface area is 106 Å². The predicted octanol–water partition coefficient (Wildman–Crippen LogP) is 2.18. The molecule has 0 spiro atoms. The minimum absolute atomic E-state index is 0.0513. The van der Waals surface area contributed by atoms with Gasteiger partial charge in [0.25, 0.3) is 0 Å². The first-order chi connectivity index (χ1) is 7.84. The van der Waals surface area contributed by atoms with Gasteiger partial charge in [-0.15, -0.1) is 0 Å². The van der Waals surface area contributed by atoms with Gasteiger partial charge in [-0.3, -0.25) is 4.79 Å². The molecule has 0 aromatic carbocycles. The third-order valence-electron chi connectivity index (χ3n) is 2.27. The van der Waals surface area contributed by atoms with Crippen molar-refractivity contribution >= 4 is 22.6 Å². The van der Waals surface area contributed by atoms with E-state index < -0.39 is 5.97 Å². The van der Waals surface area contributed by atoms with Gasteiger partial charge in [0.2, 0.25) is 5.13 Å². The fourth-order valence-electron chi connectivity index (χ4n) is 1.41. The van der Waals surface area contributed by atoms with Crippen LogP contribution in [0.2, 0.25) is 0 Å². The zero-order chi connectivity index (χ0) is 13.1. The molecule has 0 aliphatic carbocycles. The summed E-state index contributed by atoms with van der Waals surface area (Å²) in [6, 6.07) is 0. The van der Waals surface area contributed by atoms with E-state index in [-0.39, 0.29) is 12.1 Å². The maximum atomic E-state index is 10.9. The van der Waals surface area contributed by atoms with E-state index in [0.29, 0.717) is 5.13 Å². The zero-order valence-electron chi connectivity index (χ0n) is 10.7. The highest BCUT2D eigenvalue weighted by molar-refractivity contribution is 7.09. The van der Waals surface area contributed by atoms with Crippen molar-refractivity contribution in [2.24, 2.45) is 0 Å². The van der Waals surface area contributed by atoms with Crippen molar-refractivity contribution in [3.05, 3.63) is 5.82 Å². The zero-order valence-corrected chi connectivity index (χ0v) is 11.5. The van der Waals surface area contributed by atoms with Crippen molar-refractivity contribution in [1.82, 2.24) is 9.36 Å². The molecule has 0 unspecified atom stereocenters. The summed E-state index contributed by atoms with van der Waals surface area (Å²) in [5.74, 6) is -0.0562. The van der Waals surface area contributed by atoms with Gasteiger partial charge in [-0.05, 0) is 27.2 Å². The molecule has 0 aliphatic heterocycles. The van der Waals surface area contributed by atoms with Crippen molar-refractivity contribution in [3.8, 4) is 0 Å². The molecule has 96 valence electrons. The van der Waals surface area contributed by atoms with Crippen LogP contribution in [0.4, 0.5) is 5.13 Å². The standard InChI is InChI=1S/C11H19N3O2S/c1-5-6-8-12-10(17-13-8)14(7-9(15)16)11(2,3)4/h5-7H2,1-4H3,(H,15,16). The van der Waals surface area contributed by atoms with E-state index in [1.54, 1.807) is 4.90 Å². The number of aromatic nitrogens is 2. The van der Waals surface area contributed by atoms with Crippen molar-refractivity contribution in [1.29, 1.82) is 0 Å². The summed E-state index contributed by atoms with van der Waals surface area (Å²) in [4.78, 5) is 17.0. The Kier molecular flexibility index (Phi) is 4.45.